The standard InChI is InChI=1S/C21H20N4O3/c1-14-5-4-6-15(11-14)12-24-9-10-25(13-18(24)26)21(28)19-22-17-8-3-2-7-16(17)20(27)23-19/h2-8,11H,9-10,12-13H2,1H3,(H,22,23,27). The Bertz CT molecular complexity index is 1120. The molecule has 2 amide bonds. The molecule has 7 heteroatoms. The molecule has 2 heterocycles. The second-order valence-electron chi connectivity index (χ2n) is 6.96. The number of nitrogens with one attached hydrogen (secondary N) is 1. The number of para-hydroxylation sites is 1. The number of H-pyrrole nitrogens is 1. The number of amides is 2. The molecule has 0 aliphatic carbocycles. The zero-order chi connectivity index (χ0) is 19.7. The van der Waals surface area contributed by atoms with Crippen LogP contribution < -0.4 is 5.56 Å². The van der Waals surface area contributed by atoms with Gasteiger partial charge in [0.2, 0.25) is 5.91 Å². The third kappa shape index (κ3) is 3.51. The molecule has 142 valence electrons. The van der Waals surface area contributed by atoms with Gasteiger partial charge in [0.1, 0.15) is 6.54 Å². The Kier molecular flexibility index (Phi) is 4.65. The van der Waals surface area contributed by atoms with Crippen molar-refractivity contribution < 1.29 is 9.59 Å². The predicted molar refractivity (Wildman–Crippen MR) is 105 cm³/mol. The Balaban J connectivity index is 1.49. The number of benzene rings is 2. The SMILES string of the molecule is Cc1cccc(CN2CCN(C(=O)c3nc4ccccc4c(=O)[nH]3)CC2=O)c1. The molecule has 2 aromatic carbocycles. The number of fused-ring (bicyclic) bond motifs is 1. The van der Waals surface area contributed by atoms with Gasteiger partial charge in [-0.15, -0.1) is 0 Å². The molecule has 1 N–H and O–H groups in total. The van der Waals surface area contributed by atoms with Crippen LogP contribution >= 0.6 is 0 Å². The van der Waals surface area contributed by atoms with Crippen LogP contribution in [0.25, 0.3) is 10.9 Å². The van der Waals surface area contributed by atoms with Crippen molar-refractivity contribution in [2.24, 2.45) is 0 Å². The quantitative estimate of drug-likeness (QED) is 0.754. The van der Waals surface area contributed by atoms with Crippen molar-refractivity contribution in [3.8, 4) is 0 Å². The van der Waals surface area contributed by atoms with Crippen LogP contribution in [0.15, 0.2) is 53.3 Å². The van der Waals surface area contributed by atoms with Gasteiger partial charge in [0.05, 0.1) is 10.9 Å². The van der Waals surface area contributed by atoms with Gasteiger partial charge in [-0.3, -0.25) is 14.4 Å². The maximum atomic E-state index is 12.8. The average molecular weight is 376 g/mol. The van der Waals surface area contributed by atoms with Gasteiger partial charge in [0.15, 0.2) is 5.82 Å². The summed E-state index contributed by atoms with van der Waals surface area (Å²) in [6.07, 6.45) is 0. The van der Waals surface area contributed by atoms with E-state index in [-0.39, 0.29) is 23.8 Å². The van der Waals surface area contributed by atoms with Crippen LogP contribution in [0.3, 0.4) is 0 Å². The summed E-state index contributed by atoms with van der Waals surface area (Å²) in [5.74, 6) is -0.598. The number of piperazine rings is 1. The molecule has 7 nitrogen and oxygen atoms in total. The highest BCUT2D eigenvalue weighted by Crippen LogP contribution is 2.13. The molecule has 0 bridgehead atoms. The maximum Gasteiger partial charge on any atom is 0.290 e. The summed E-state index contributed by atoms with van der Waals surface area (Å²) < 4.78 is 0. The van der Waals surface area contributed by atoms with E-state index < -0.39 is 5.91 Å². The monoisotopic (exact) mass is 376 g/mol. The van der Waals surface area contributed by atoms with Gasteiger partial charge in [-0.1, -0.05) is 42.0 Å². The van der Waals surface area contributed by atoms with Gasteiger partial charge in [-0.05, 0) is 24.6 Å². The largest absolute Gasteiger partial charge is 0.335 e. The summed E-state index contributed by atoms with van der Waals surface area (Å²) in [7, 11) is 0. The second kappa shape index (κ2) is 7.26. The first kappa shape index (κ1) is 17.9. The normalized spacial score (nSPS) is 14.5. The molecule has 0 radical (unpaired) electrons. The summed E-state index contributed by atoms with van der Waals surface area (Å²) in [6.45, 7) is 3.34. The molecule has 28 heavy (non-hydrogen) atoms. The van der Waals surface area contributed by atoms with Crippen LogP contribution in [0.5, 0.6) is 0 Å². The minimum atomic E-state index is -0.439. The zero-order valence-corrected chi connectivity index (χ0v) is 15.5. The van der Waals surface area contributed by atoms with E-state index in [2.05, 4.69) is 16.0 Å². The highest BCUT2D eigenvalue weighted by molar-refractivity contribution is 5.95. The molecule has 4 rings (SSSR count). The Morgan fingerprint density at radius 2 is 1.93 bits per heavy atom. The molecular weight excluding hydrogens is 356 g/mol. The fraction of sp³-hybridized carbons (Fsp3) is 0.238. The predicted octanol–water partition coefficient (Wildman–Crippen LogP) is 1.72. The van der Waals surface area contributed by atoms with Crippen LogP contribution in [0, 0.1) is 6.92 Å². The van der Waals surface area contributed by atoms with Crippen molar-refractivity contribution in [2.75, 3.05) is 19.6 Å². The Morgan fingerprint density at radius 3 is 2.71 bits per heavy atom. The smallest absolute Gasteiger partial charge is 0.290 e. The van der Waals surface area contributed by atoms with Gasteiger partial charge in [0, 0.05) is 19.6 Å². The summed E-state index contributed by atoms with van der Waals surface area (Å²) in [6, 6.07) is 14.9. The molecule has 3 aromatic rings. The molecule has 1 aliphatic rings. The van der Waals surface area contributed by atoms with E-state index in [0.29, 0.717) is 30.5 Å². The maximum absolute atomic E-state index is 12.8. The minimum absolute atomic E-state index is 0.0266. The molecule has 1 aliphatic heterocycles. The Labute approximate surface area is 161 Å². The molecule has 0 spiro atoms. The van der Waals surface area contributed by atoms with E-state index in [1.165, 1.54) is 4.90 Å². The lowest BCUT2D eigenvalue weighted by Crippen LogP contribution is -2.52. The number of aromatic nitrogens is 2. The van der Waals surface area contributed by atoms with E-state index in [1.54, 1.807) is 29.2 Å². The summed E-state index contributed by atoms with van der Waals surface area (Å²) >= 11 is 0. The van der Waals surface area contributed by atoms with Crippen LogP contribution in [0.2, 0.25) is 0 Å². The van der Waals surface area contributed by atoms with E-state index >= 15 is 0 Å². The van der Waals surface area contributed by atoms with E-state index in [0.717, 1.165) is 11.1 Å². The Morgan fingerprint density at radius 1 is 1.11 bits per heavy atom. The fourth-order valence-corrected chi connectivity index (χ4v) is 3.42. The third-order valence-electron chi connectivity index (χ3n) is 4.88. The van der Waals surface area contributed by atoms with E-state index in [9.17, 15) is 14.4 Å². The van der Waals surface area contributed by atoms with Crippen molar-refractivity contribution in [3.05, 3.63) is 75.8 Å². The van der Waals surface area contributed by atoms with Crippen molar-refractivity contribution >= 4 is 22.7 Å². The number of rotatable bonds is 3. The van der Waals surface area contributed by atoms with Crippen LogP contribution in [-0.2, 0) is 11.3 Å². The molecule has 0 saturated carbocycles. The fourth-order valence-electron chi connectivity index (χ4n) is 3.42. The van der Waals surface area contributed by atoms with Gasteiger partial charge in [0.25, 0.3) is 11.5 Å². The van der Waals surface area contributed by atoms with Crippen LogP contribution in [0.1, 0.15) is 21.7 Å². The van der Waals surface area contributed by atoms with Gasteiger partial charge in [-0.25, -0.2) is 4.98 Å². The minimum Gasteiger partial charge on any atom is -0.335 e. The first-order valence-electron chi connectivity index (χ1n) is 9.13. The average Bonchev–Trinajstić information content (AvgIpc) is 2.69. The summed E-state index contributed by atoms with van der Waals surface area (Å²) in [4.78, 5) is 47.5. The summed E-state index contributed by atoms with van der Waals surface area (Å²) in [5, 5.41) is 0.429. The lowest BCUT2D eigenvalue weighted by atomic mass is 10.1. The van der Waals surface area contributed by atoms with Crippen molar-refractivity contribution in [1.29, 1.82) is 0 Å². The number of carbonyl (C=O) groups is 2. The van der Waals surface area contributed by atoms with Gasteiger partial charge in [-0.2, -0.15) is 0 Å². The molecule has 1 fully saturated rings. The lowest BCUT2D eigenvalue weighted by molar-refractivity contribution is -0.135. The number of hydrogen-bond acceptors (Lipinski definition) is 4. The number of aryl methyl sites for hydroxylation is 1. The van der Waals surface area contributed by atoms with Crippen molar-refractivity contribution in [1.82, 2.24) is 19.8 Å². The lowest BCUT2D eigenvalue weighted by Gasteiger charge is -2.34. The number of carbonyl (C=O) groups excluding carboxylic acids is 2. The van der Waals surface area contributed by atoms with E-state index in [4.69, 9.17) is 0 Å². The topological polar surface area (TPSA) is 86.4 Å². The van der Waals surface area contributed by atoms with Crippen molar-refractivity contribution in [3.63, 3.8) is 0 Å². The highest BCUT2D eigenvalue weighted by Gasteiger charge is 2.29. The van der Waals surface area contributed by atoms with Crippen molar-refractivity contribution in [2.45, 2.75) is 13.5 Å². The van der Waals surface area contributed by atoms with Gasteiger partial charge >= 0.3 is 0 Å². The molecule has 0 atom stereocenters. The first-order valence-corrected chi connectivity index (χ1v) is 9.13. The van der Waals surface area contributed by atoms with Crippen LogP contribution in [-0.4, -0.2) is 51.2 Å². The first-order chi connectivity index (χ1) is 13.5. The second-order valence-corrected chi connectivity index (χ2v) is 6.96. The van der Waals surface area contributed by atoms with Gasteiger partial charge < -0.3 is 14.8 Å². The summed E-state index contributed by atoms with van der Waals surface area (Å²) in [5.41, 5.74) is 2.30. The number of nitrogens with zero attached hydrogens (tertiary/aromatic N) is 3. The molecule has 0 unspecified atom stereocenters. The third-order valence-corrected chi connectivity index (χ3v) is 4.88. The number of hydrogen-bond donors (Lipinski definition) is 1. The highest BCUT2D eigenvalue weighted by atomic mass is 16.2. The van der Waals surface area contributed by atoms with Crippen LogP contribution in [0.4, 0.5) is 0 Å². The molecular formula is C21H20N4O3. The Hall–Kier alpha value is -3.48. The number of aromatic amines is 1. The molecule has 1 saturated heterocycles. The molecule has 1 aromatic heterocycles. The van der Waals surface area contributed by atoms with E-state index in [1.807, 2.05) is 25.1 Å². The zero-order valence-electron chi connectivity index (χ0n) is 15.5.